The first-order valence-electron chi connectivity index (χ1n) is 10.3. The van der Waals surface area contributed by atoms with Crippen LogP contribution in [0, 0.1) is 5.41 Å². The Kier molecular flexibility index (Phi) is 6.51. The number of rotatable bonds is 4. The third-order valence-electron chi connectivity index (χ3n) is 4.74. The molecular weight excluding hydrogens is 439 g/mol. The molecule has 0 unspecified atom stereocenters. The van der Waals surface area contributed by atoms with E-state index in [-0.39, 0.29) is 11.0 Å². The summed E-state index contributed by atoms with van der Waals surface area (Å²) in [7, 11) is -2.05. The van der Waals surface area contributed by atoms with Crippen molar-refractivity contribution in [2.45, 2.75) is 66.0 Å². The van der Waals surface area contributed by atoms with Gasteiger partial charge in [-0.3, -0.25) is 9.05 Å². The van der Waals surface area contributed by atoms with Crippen molar-refractivity contribution in [2.75, 3.05) is 20.3 Å². The van der Waals surface area contributed by atoms with Gasteiger partial charge in [0.15, 0.2) is 11.5 Å². The van der Waals surface area contributed by atoms with Crippen molar-refractivity contribution < 1.29 is 27.9 Å². The molecule has 2 heterocycles. The van der Waals surface area contributed by atoms with E-state index in [1.807, 2.05) is 60.6 Å². The minimum Gasteiger partial charge on any atom is -0.483 e. The molecule has 0 aliphatic carbocycles. The van der Waals surface area contributed by atoms with Gasteiger partial charge in [-0.05, 0) is 40.7 Å². The van der Waals surface area contributed by atoms with E-state index in [0.717, 1.165) is 24.1 Å². The van der Waals surface area contributed by atoms with Gasteiger partial charge in [0.05, 0.1) is 25.3 Å². The zero-order chi connectivity index (χ0) is 23.2. The van der Waals surface area contributed by atoms with Gasteiger partial charge in [-0.2, -0.15) is 0 Å². The molecule has 1 aromatic rings. The fraction of sp³-hybridized carbons (Fsp3) is 0.667. The molecule has 1 fully saturated rings. The highest BCUT2D eigenvalue weighted by Crippen LogP contribution is 2.62. The maximum atomic E-state index is 13.5. The quantitative estimate of drug-likeness (QED) is 0.409. The highest BCUT2D eigenvalue weighted by atomic mass is 32.2. The first-order chi connectivity index (χ1) is 14.1. The summed E-state index contributed by atoms with van der Waals surface area (Å²) in [6, 6.07) is 5.51. The summed E-state index contributed by atoms with van der Waals surface area (Å²) >= 11 is 0.956. The Morgan fingerprint density at radius 3 is 2.35 bits per heavy atom. The van der Waals surface area contributed by atoms with E-state index in [1.165, 1.54) is 8.38 Å². The highest BCUT2D eigenvalue weighted by Gasteiger charge is 2.48. The molecular formula is C21H33N2O6PS. The lowest BCUT2D eigenvalue weighted by atomic mass is 9.97. The summed E-state index contributed by atoms with van der Waals surface area (Å²) in [5.41, 5.74) is -0.193. The van der Waals surface area contributed by atoms with Crippen LogP contribution in [-0.4, -0.2) is 45.9 Å². The van der Waals surface area contributed by atoms with Gasteiger partial charge in [0.2, 0.25) is 0 Å². The zero-order valence-electron chi connectivity index (χ0n) is 19.6. The summed E-state index contributed by atoms with van der Waals surface area (Å²) < 4.78 is 39.2. The van der Waals surface area contributed by atoms with Gasteiger partial charge < -0.3 is 9.47 Å². The predicted molar refractivity (Wildman–Crippen MR) is 121 cm³/mol. The molecule has 3 rings (SSSR count). The van der Waals surface area contributed by atoms with Crippen LogP contribution < -0.4 is 9.47 Å². The second kappa shape index (κ2) is 8.27. The summed E-state index contributed by atoms with van der Waals surface area (Å²) in [5, 5.41) is 0. The van der Waals surface area contributed by atoms with Crippen molar-refractivity contribution in [3.8, 4) is 11.5 Å². The first kappa shape index (κ1) is 24.4. The van der Waals surface area contributed by atoms with Gasteiger partial charge in [0, 0.05) is 30.0 Å². The third kappa shape index (κ3) is 5.57. The molecule has 10 heteroatoms. The summed E-state index contributed by atoms with van der Waals surface area (Å²) in [4.78, 5) is 12.9. The van der Waals surface area contributed by atoms with Crippen LogP contribution in [0.2, 0.25) is 0 Å². The van der Waals surface area contributed by atoms with E-state index in [2.05, 4.69) is 0 Å². The fourth-order valence-corrected chi connectivity index (χ4v) is 6.80. The summed E-state index contributed by atoms with van der Waals surface area (Å²) in [6.45, 7) is 14.2. The molecule has 1 amide bonds. The largest absolute Gasteiger partial charge is 0.483 e. The number of nitrogens with zero attached hydrogens (tertiary/aromatic N) is 2. The van der Waals surface area contributed by atoms with Crippen molar-refractivity contribution in [1.29, 1.82) is 0 Å². The summed E-state index contributed by atoms with van der Waals surface area (Å²) in [6.07, 6.45) is 0.120. The Morgan fingerprint density at radius 1 is 1.16 bits per heavy atom. The van der Waals surface area contributed by atoms with Crippen LogP contribution in [0.3, 0.4) is 0 Å². The van der Waals surface area contributed by atoms with Crippen LogP contribution in [-0.2, 0) is 20.0 Å². The molecule has 2 aliphatic heterocycles. The molecule has 31 heavy (non-hydrogen) atoms. The average molecular weight is 473 g/mol. The van der Waals surface area contributed by atoms with Crippen LogP contribution in [0.15, 0.2) is 18.2 Å². The van der Waals surface area contributed by atoms with Crippen molar-refractivity contribution in [1.82, 2.24) is 8.38 Å². The number of fused-ring (bicyclic) bond motifs is 1. The molecule has 0 atom stereocenters. The highest BCUT2D eigenvalue weighted by molar-refractivity contribution is 7.99. The van der Waals surface area contributed by atoms with Crippen molar-refractivity contribution in [3.05, 3.63) is 23.8 Å². The molecule has 1 aromatic carbocycles. The number of carbonyl (C=O) groups is 1. The molecule has 0 spiro atoms. The van der Waals surface area contributed by atoms with Crippen LogP contribution >= 0.6 is 19.9 Å². The number of carbonyl (C=O) groups excluding carboxylic acids is 1. The maximum Gasteiger partial charge on any atom is 0.426 e. The van der Waals surface area contributed by atoms with E-state index >= 15 is 0 Å². The molecule has 174 valence electrons. The van der Waals surface area contributed by atoms with E-state index < -0.39 is 19.4 Å². The molecule has 0 saturated carbocycles. The predicted octanol–water partition coefficient (Wildman–Crippen LogP) is 5.68. The standard InChI is InChI=1S/C21H33N2O6PS/c1-19(2,3)23(30(25)26-13-20(4,5)14-27-30)31-22(8)18(24)28-16-11-9-10-15-12-21(6,7)29-17(15)16/h9-11H,12-14H2,1-8H3. The van der Waals surface area contributed by atoms with Gasteiger partial charge in [-0.15, -0.1) is 4.08 Å². The topological polar surface area (TPSA) is 77.5 Å². The molecule has 8 nitrogen and oxygen atoms in total. The molecule has 0 bridgehead atoms. The van der Waals surface area contributed by atoms with Crippen molar-refractivity contribution >= 4 is 26.0 Å². The van der Waals surface area contributed by atoms with E-state index in [9.17, 15) is 9.36 Å². The number of hydrogen-bond donors (Lipinski definition) is 0. The third-order valence-corrected chi connectivity index (χ3v) is 8.61. The summed E-state index contributed by atoms with van der Waals surface area (Å²) in [5.74, 6) is 0.947. The molecule has 2 aliphatic rings. The van der Waals surface area contributed by atoms with E-state index in [0.29, 0.717) is 24.7 Å². The van der Waals surface area contributed by atoms with Crippen LogP contribution in [0.25, 0.3) is 0 Å². The van der Waals surface area contributed by atoms with E-state index in [1.54, 1.807) is 13.1 Å². The number of ether oxygens (including phenoxy) is 2. The zero-order valence-corrected chi connectivity index (χ0v) is 21.3. The average Bonchev–Trinajstić information content (AvgIpc) is 2.96. The molecule has 0 aromatic heterocycles. The number of benzene rings is 1. The maximum absolute atomic E-state index is 13.5. The Balaban J connectivity index is 1.74. The molecule has 0 N–H and O–H groups in total. The Morgan fingerprint density at radius 2 is 1.77 bits per heavy atom. The molecule has 1 saturated heterocycles. The van der Waals surface area contributed by atoms with Crippen LogP contribution in [0.5, 0.6) is 11.5 Å². The van der Waals surface area contributed by atoms with Gasteiger partial charge in [0.25, 0.3) is 0 Å². The smallest absolute Gasteiger partial charge is 0.426 e. The fourth-order valence-electron chi connectivity index (χ4n) is 3.21. The number of para-hydroxylation sites is 1. The number of hydrogen-bond acceptors (Lipinski definition) is 7. The minimum absolute atomic E-state index is 0.228. The first-order valence-corrected chi connectivity index (χ1v) is 12.5. The van der Waals surface area contributed by atoms with Gasteiger partial charge in [-0.25, -0.2) is 13.7 Å². The van der Waals surface area contributed by atoms with Crippen LogP contribution in [0.4, 0.5) is 4.79 Å². The molecule has 0 radical (unpaired) electrons. The lowest BCUT2D eigenvalue weighted by molar-refractivity contribution is 0.0237. The normalized spacial score (nSPS) is 21.3. The lowest BCUT2D eigenvalue weighted by Crippen LogP contribution is -2.42. The SMILES string of the molecule is CN(SN(C(C)(C)C)P1(=O)OCC(C)(C)CO1)C(=O)Oc1cccc2c1OC(C)(C)C2. The van der Waals surface area contributed by atoms with Crippen molar-refractivity contribution in [2.24, 2.45) is 5.41 Å². The van der Waals surface area contributed by atoms with Gasteiger partial charge in [-0.1, -0.05) is 26.0 Å². The minimum atomic E-state index is -3.61. The van der Waals surface area contributed by atoms with Gasteiger partial charge >= 0.3 is 13.8 Å². The van der Waals surface area contributed by atoms with Crippen molar-refractivity contribution in [3.63, 3.8) is 0 Å². The van der Waals surface area contributed by atoms with Gasteiger partial charge in [0.1, 0.15) is 5.60 Å². The second-order valence-electron chi connectivity index (χ2n) is 10.4. The second-order valence-corrected chi connectivity index (χ2v) is 13.6. The Bertz CT molecular complexity index is 884. The van der Waals surface area contributed by atoms with Crippen LogP contribution in [0.1, 0.15) is 54.0 Å². The lowest BCUT2D eigenvalue weighted by Gasteiger charge is -2.43. The Labute approximate surface area is 189 Å². The number of amides is 1. The monoisotopic (exact) mass is 472 g/mol. The van der Waals surface area contributed by atoms with E-state index in [4.69, 9.17) is 18.5 Å². The Hall–Kier alpha value is -1.25.